The number of rotatable bonds is 4. The van der Waals surface area contributed by atoms with Crippen molar-refractivity contribution in [3.63, 3.8) is 0 Å². The van der Waals surface area contributed by atoms with Crippen LogP contribution in [0.15, 0.2) is 42.0 Å². The van der Waals surface area contributed by atoms with Gasteiger partial charge in [-0.05, 0) is 51.5 Å². The van der Waals surface area contributed by atoms with Gasteiger partial charge in [0.15, 0.2) is 0 Å². The van der Waals surface area contributed by atoms with E-state index in [1.54, 1.807) is 13.0 Å². The summed E-state index contributed by atoms with van der Waals surface area (Å²) in [5, 5.41) is 14.1. The first-order chi connectivity index (χ1) is 14.8. The van der Waals surface area contributed by atoms with Crippen molar-refractivity contribution in [3.05, 3.63) is 47.7 Å². The van der Waals surface area contributed by atoms with E-state index in [1.165, 1.54) is 52.4 Å². The van der Waals surface area contributed by atoms with Gasteiger partial charge in [0, 0.05) is 25.2 Å². The summed E-state index contributed by atoms with van der Waals surface area (Å²) < 4.78 is 45.4. The minimum absolute atomic E-state index is 0.0473. The third-order valence-corrected chi connectivity index (χ3v) is 8.51. The maximum absolute atomic E-state index is 15.0. The maximum Gasteiger partial charge on any atom is 0.274 e. The molecule has 3 rings (SSSR count). The SMILES string of the molecule is COc1ccc(C(=O)NC2=CC=C(F)C([C@]3(C)CN(C)S(=O)(=O)C(C)(C)C(=N)N3)C2)nc1. The highest BCUT2D eigenvalue weighted by Gasteiger charge is 2.52. The Labute approximate surface area is 187 Å². The number of allylic oxidation sites excluding steroid dienone is 3. The maximum atomic E-state index is 15.0. The molecule has 0 radical (unpaired) electrons. The van der Waals surface area contributed by atoms with E-state index in [2.05, 4.69) is 15.6 Å². The molecule has 9 nitrogen and oxygen atoms in total. The highest BCUT2D eigenvalue weighted by molar-refractivity contribution is 7.91. The molecule has 0 saturated carbocycles. The molecule has 11 heteroatoms. The van der Waals surface area contributed by atoms with Crippen molar-refractivity contribution < 1.29 is 22.3 Å². The molecule has 0 bridgehead atoms. The second-order valence-electron chi connectivity index (χ2n) is 8.73. The Morgan fingerprint density at radius 1 is 1.34 bits per heavy atom. The standard InChI is InChI=1S/C21H28FN5O4S/c1-20(2)19(23)26-21(3,12-27(4)32(20,29)30)15-10-13(6-8-16(15)22)25-18(28)17-9-7-14(31-5)11-24-17/h6-9,11,15H,10,12H2,1-5H3,(H2,23,26)(H,25,28)/t15?,21-/m0/s1. The Balaban J connectivity index is 1.83. The van der Waals surface area contributed by atoms with Crippen LogP contribution in [-0.4, -0.2) is 60.4 Å². The van der Waals surface area contributed by atoms with Crippen LogP contribution in [0, 0.1) is 11.3 Å². The number of carbonyl (C=O) groups excluding carboxylic acids is 1. The van der Waals surface area contributed by atoms with Crippen molar-refractivity contribution in [3.8, 4) is 5.75 Å². The van der Waals surface area contributed by atoms with Crippen LogP contribution in [0.3, 0.4) is 0 Å². The third-order valence-electron chi connectivity index (χ3n) is 6.07. The minimum atomic E-state index is -3.83. The van der Waals surface area contributed by atoms with Crippen LogP contribution in [0.5, 0.6) is 5.75 Å². The Morgan fingerprint density at radius 2 is 2.03 bits per heavy atom. The average Bonchev–Trinajstić information content (AvgIpc) is 2.78. The summed E-state index contributed by atoms with van der Waals surface area (Å²) in [7, 11) is -0.905. The normalized spacial score (nSPS) is 27.4. The quantitative estimate of drug-likeness (QED) is 0.624. The zero-order chi connectivity index (χ0) is 23.9. The number of methoxy groups -OCH3 is 1. The summed E-state index contributed by atoms with van der Waals surface area (Å²) >= 11 is 0. The number of amidine groups is 1. The lowest BCUT2D eigenvalue weighted by Crippen LogP contribution is -2.57. The number of pyridine rings is 1. The number of carbonyl (C=O) groups is 1. The monoisotopic (exact) mass is 465 g/mol. The van der Waals surface area contributed by atoms with Gasteiger partial charge in [0.05, 0.1) is 18.8 Å². The minimum Gasteiger partial charge on any atom is -0.495 e. The van der Waals surface area contributed by atoms with Gasteiger partial charge in [-0.15, -0.1) is 0 Å². The number of halogens is 1. The molecule has 1 amide bonds. The van der Waals surface area contributed by atoms with Gasteiger partial charge < -0.3 is 15.4 Å². The van der Waals surface area contributed by atoms with E-state index in [4.69, 9.17) is 10.1 Å². The summed E-state index contributed by atoms with van der Waals surface area (Å²) in [5.74, 6) is -1.42. The van der Waals surface area contributed by atoms with Crippen LogP contribution in [0.1, 0.15) is 37.7 Å². The molecule has 2 atom stereocenters. The fraction of sp³-hybridized carbons (Fsp3) is 0.476. The van der Waals surface area contributed by atoms with E-state index < -0.39 is 38.0 Å². The third kappa shape index (κ3) is 4.14. The summed E-state index contributed by atoms with van der Waals surface area (Å²) in [5.41, 5.74) is -0.482. The lowest BCUT2D eigenvalue weighted by atomic mass is 9.78. The summed E-state index contributed by atoms with van der Waals surface area (Å²) in [4.78, 5) is 16.6. The average molecular weight is 466 g/mol. The molecule has 1 unspecified atom stereocenters. The molecule has 1 fully saturated rings. The number of amides is 1. The summed E-state index contributed by atoms with van der Waals surface area (Å²) in [6, 6.07) is 3.13. The zero-order valence-corrected chi connectivity index (χ0v) is 19.5. The number of ether oxygens (including phenoxy) is 1. The van der Waals surface area contributed by atoms with E-state index >= 15 is 0 Å². The van der Waals surface area contributed by atoms with Crippen LogP contribution in [0.4, 0.5) is 4.39 Å². The van der Waals surface area contributed by atoms with Gasteiger partial charge in [-0.2, -0.15) is 0 Å². The van der Waals surface area contributed by atoms with E-state index in [1.807, 2.05) is 0 Å². The fourth-order valence-electron chi connectivity index (χ4n) is 3.89. The van der Waals surface area contributed by atoms with Crippen molar-refractivity contribution in [2.75, 3.05) is 20.7 Å². The van der Waals surface area contributed by atoms with Crippen LogP contribution >= 0.6 is 0 Å². The number of hydrogen-bond acceptors (Lipinski definition) is 6. The van der Waals surface area contributed by atoms with Crippen LogP contribution < -0.4 is 15.4 Å². The predicted octanol–water partition coefficient (Wildman–Crippen LogP) is 1.96. The van der Waals surface area contributed by atoms with Gasteiger partial charge in [0.1, 0.15) is 27.9 Å². The molecular weight excluding hydrogens is 437 g/mol. The van der Waals surface area contributed by atoms with Gasteiger partial charge in [-0.1, -0.05) is 0 Å². The summed E-state index contributed by atoms with van der Waals surface area (Å²) in [6.07, 6.45) is 4.26. The molecule has 1 aromatic heterocycles. The van der Waals surface area contributed by atoms with Crippen LogP contribution in [-0.2, 0) is 10.0 Å². The van der Waals surface area contributed by atoms with E-state index in [-0.39, 0.29) is 24.5 Å². The number of sulfonamides is 1. The molecule has 32 heavy (non-hydrogen) atoms. The number of likely N-dealkylation sites (N-methyl/N-ethyl adjacent to an activating group) is 1. The van der Waals surface area contributed by atoms with Gasteiger partial charge in [-0.3, -0.25) is 10.2 Å². The van der Waals surface area contributed by atoms with Crippen molar-refractivity contribution in [1.29, 1.82) is 5.41 Å². The second kappa shape index (κ2) is 8.28. The highest BCUT2D eigenvalue weighted by atomic mass is 32.2. The van der Waals surface area contributed by atoms with Gasteiger partial charge in [0.2, 0.25) is 10.0 Å². The molecule has 2 heterocycles. The number of hydrogen-bond donors (Lipinski definition) is 3. The Bertz CT molecular complexity index is 1100. The molecular formula is C21H28FN5O4S. The van der Waals surface area contributed by atoms with Crippen molar-refractivity contribution in [2.45, 2.75) is 37.5 Å². The first kappa shape index (κ1) is 23.9. The topological polar surface area (TPSA) is 124 Å². The molecule has 0 aromatic carbocycles. The molecule has 1 aliphatic heterocycles. The van der Waals surface area contributed by atoms with Crippen molar-refractivity contribution >= 4 is 21.8 Å². The van der Waals surface area contributed by atoms with E-state index in [0.717, 1.165) is 4.31 Å². The van der Waals surface area contributed by atoms with Gasteiger partial charge >= 0.3 is 0 Å². The Morgan fingerprint density at radius 3 is 2.62 bits per heavy atom. The van der Waals surface area contributed by atoms with Gasteiger partial charge in [-0.25, -0.2) is 22.1 Å². The number of aromatic nitrogens is 1. The first-order valence-electron chi connectivity index (χ1n) is 10.0. The smallest absolute Gasteiger partial charge is 0.274 e. The summed E-state index contributed by atoms with van der Waals surface area (Å²) in [6.45, 7) is 4.53. The number of nitrogens with one attached hydrogen (secondary N) is 3. The second-order valence-corrected chi connectivity index (χ2v) is 11.3. The lowest BCUT2D eigenvalue weighted by molar-refractivity contribution is 0.0956. The Hall–Kier alpha value is -2.79. The van der Waals surface area contributed by atoms with Crippen LogP contribution in [0.25, 0.3) is 0 Å². The zero-order valence-electron chi connectivity index (χ0n) is 18.7. The highest BCUT2D eigenvalue weighted by Crippen LogP contribution is 2.38. The fourth-order valence-corrected chi connectivity index (χ4v) is 5.41. The largest absolute Gasteiger partial charge is 0.495 e. The van der Waals surface area contributed by atoms with E-state index in [0.29, 0.717) is 11.4 Å². The molecule has 1 saturated heterocycles. The van der Waals surface area contributed by atoms with Gasteiger partial charge in [0.25, 0.3) is 5.91 Å². The van der Waals surface area contributed by atoms with E-state index in [9.17, 15) is 17.6 Å². The van der Waals surface area contributed by atoms with Crippen LogP contribution in [0.2, 0.25) is 0 Å². The Kier molecular flexibility index (Phi) is 6.18. The van der Waals surface area contributed by atoms with Crippen molar-refractivity contribution in [1.82, 2.24) is 19.9 Å². The molecule has 1 aromatic rings. The first-order valence-corrected chi connectivity index (χ1v) is 11.5. The molecule has 1 aliphatic carbocycles. The predicted molar refractivity (Wildman–Crippen MR) is 119 cm³/mol. The number of nitrogens with zero attached hydrogens (tertiary/aromatic N) is 2. The molecule has 0 spiro atoms. The lowest BCUT2D eigenvalue weighted by Gasteiger charge is -2.40. The molecule has 174 valence electrons. The molecule has 3 N–H and O–H groups in total. The molecule has 2 aliphatic rings. The van der Waals surface area contributed by atoms with Crippen molar-refractivity contribution in [2.24, 2.45) is 5.92 Å².